The number of carbonyl (C=O) groups is 1. The third-order valence-electron chi connectivity index (χ3n) is 2.37. The molecule has 106 valence electrons. The number of nitrogens with two attached hydrogens (primary N) is 1. The van der Waals surface area contributed by atoms with Gasteiger partial charge in [-0.3, -0.25) is 10.2 Å². The molecular formula is C11H11BrFN5O2. The molecule has 2 aromatic rings. The summed E-state index contributed by atoms with van der Waals surface area (Å²) in [7, 11) is 0. The molecule has 1 aromatic carbocycles. The minimum absolute atomic E-state index is 0.0983. The lowest BCUT2D eigenvalue weighted by Crippen LogP contribution is -2.30. The van der Waals surface area contributed by atoms with Crippen molar-refractivity contribution in [1.29, 1.82) is 0 Å². The van der Waals surface area contributed by atoms with Gasteiger partial charge in [0.05, 0.1) is 12.7 Å². The van der Waals surface area contributed by atoms with Crippen LogP contribution in [0.5, 0.6) is 5.75 Å². The summed E-state index contributed by atoms with van der Waals surface area (Å²) >= 11 is 3.23. The maximum atomic E-state index is 13.4. The molecule has 0 aliphatic carbocycles. The minimum Gasteiger partial charge on any atom is -0.489 e. The number of aromatic nitrogens is 3. The maximum Gasteiger partial charge on any atom is 0.287 e. The van der Waals surface area contributed by atoms with Crippen LogP contribution in [0.1, 0.15) is 10.5 Å². The number of nitrogens with zero attached hydrogens (tertiary/aromatic N) is 3. The van der Waals surface area contributed by atoms with Crippen LogP contribution in [0, 0.1) is 5.82 Å². The van der Waals surface area contributed by atoms with Crippen LogP contribution in [-0.2, 0) is 6.54 Å². The molecule has 0 radical (unpaired) electrons. The SMILES string of the molecule is NNC(=O)c1cn(CCOc2cc(Br)ccc2F)nn1. The van der Waals surface area contributed by atoms with E-state index in [4.69, 9.17) is 10.6 Å². The van der Waals surface area contributed by atoms with Crippen LogP contribution in [-0.4, -0.2) is 27.5 Å². The Morgan fingerprint density at radius 1 is 1.55 bits per heavy atom. The Kier molecular flexibility index (Phi) is 4.64. The maximum absolute atomic E-state index is 13.4. The second-order valence-electron chi connectivity index (χ2n) is 3.76. The Morgan fingerprint density at radius 2 is 2.35 bits per heavy atom. The average molecular weight is 344 g/mol. The number of amides is 1. The zero-order chi connectivity index (χ0) is 14.5. The van der Waals surface area contributed by atoms with Crippen molar-refractivity contribution < 1.29 is 13.9 Å². The fourth-order valence-electron chi connectivity index (χ4n) is 1.42. The third-order valence-corrected chi connectivity index (χ3v) is 2.87. The van der Waals surface area contributed by atoms with Crippen molar-refractivity contribution in [2.75, 3.05) is 6.61 Å². The lowest BCUT2D eigenvalue weighted by atomic mass is 10.3. The number of benzene rings is 1. The Labute approximate surface area is 122 Å². The summed E-state index contributed by atoms with van der Waals surface area (Å²) < 4.78 is 20.8. The van der Waals surface area contributed by atoms with Gasteiger partial charge in [-0.15, -0.1) is 5.10 Å². The van der Waals surface area contributed by atoms with Crippen LogP contribution in [0.15, 0.2) is 28.9 Å². The van der Waals surface area contributed by atoms with Crippen LogP contribution in [0.3, 0.4) is 0 Å². The Bertz CT molecular complexity index is 619. The summed E-state index contributed by atoms with van der Waals surface area (Å²) in [5.74, 6) is 4.13. The summed E-state index contributed by atoms with van der Waals surface area (Å²) in [5, 5.41) is 7.35. The van der Waals surface area contributed by atoms with Gasteiger partial charge in [0.15, 0.2) is 17.3 Å². The molecule has 0 saturated heterocycles. The average Bonchev–Trinajstić information content (AvgIpc) is 2.90. The van der Waals surface area contributed by atoms with Crippen molar-refractivity contribution in [3.8, 4) is 5.75 Å². The van der Waals surface area contributed by atoms with Crippen molar-refractivity contribution in [2.45, 2.75) is 6.54 Å². The molecule has 2 rings (SSSR count). The van der Waals surface area contributed by atoms with Crippen LogP contribution in [0.25, 0.3) is 0 Å². The predicted octanol–water partition coefficient (Wildman–Crippen LogP) is 0.862. The highest BCUT2D eigenvalue weighted by Crippen LogP contribution is 2.22. The standard InChI is InChI=1S/C11H11BrFN5O2/c12-7-1-2-8(13)10(5-7)20-4-3-18-6-9(16-17-18)11(19)15-14/h1-2,5-6H,3-4,14H2,(H,15,19). The number of halogens is 2. The summed E-state index contributed by atoms with van der Waals surface area (Å²) in [6.45, 7) is 0.497. The summed E-state index contributed by atoms with van der Waals surface area (Å²) in [4.78, 5) is 11.2. The van der Waals surface area contributed by atoms with Gasteiger partial charge in [0, 0.05) is 4.47 Å². The van der Waals surface area contributed by atoms with Crippen LogP contribution in [0.2, 0.25) is 0 Å². The van der Waals surface area contributed by atoms with E-state index in [1.807, 2.05) is 5.43 Å². The van der Waals surface area contributed by atoms with E-state index >= 15 is 0 Å². The second-order valence-corrected chi connectivity index (χ2v) is 4.68. The number of hydrazine groups is 1. The smallest absolute Gasteiger partial charge is 0.287 e. The molecule has 0 fully saturated rings. The van der Waals surface area contributed by atoms with Gasteiger partial charge in [-0.2, -0.15) is 0 Å². The molecule has 0 atom stereocenters. The molecule has 0 unspecified atom stereocenters. The normalized spacial score (nSPS) is 10.3. The lowest BCUT2D eigenvalue weighted by molar-refractivity contribution is 0.0948. The highest BCUT2D eigenvalue weighted by molar-refractivity contribution is 9.10. The van der Waals surface area contributed by atoms with Crippen molar-refractivity contribution >= 4 is 21.8 Å². The minimum atomic E-state index is -0.532. The van der Waals surface area contributed by atoms with E-state index in [1.54, 1.807) is 6.07 Å². The lowest BCUT2D eigenvalue weighted by Gasteiger charge is -2.07. The van der Waals surface area contributed by atoms with E-state index in [-0.39, 0.29) is 18.1 Å². The van der Waals surface area contributed by atoms with Crippen molar-refractivity contribution in [2.24, 2.45) is 5.84 Å². The Balaban J connectivity index is 1.91. The first-order chi connectivity index (χ1) is 9.60. The number of nitrogen functional groups attached to an aromatic ring is 1. The van der Waals surface area contributed by atoms with E-state index in [9.17, 15) is 9.18 Å². The van der Waals surface area contributed by atoms with Gasteiger partial charge < -0.3 is 4.74 Å². The van der Waals surface area contributed by atoms with Gasteiger partial charge in [0.25, 0.3) is 5.91 Å². The topological polar surface area (TPSA) is 95.1 Å². The van der Waals surface area contributed by atoms with Gasteiger partial charge in [-0.25, -0.2) is 14.9 Å². The van der Waals surface area contributed by atoms with Crippen molar-refractivity contribution in [1.82, 2.24) is 20.4 Å². The molecule has 9 heteroatoms. The third kappa shape index (κ3) is 3.52. The van der Waals surface area contributed by atoms with Crippen LogP contribution in [0.4, 0.5) is 4.39 Å². The zero-order valence-corrected chi connectivity index (χ0v) is 11.8. The van der Waals surface area contributed by atoms with Gasteiger partial charge in [0.2, 0.25) is 0 Å². The second kappa shape index (κ2) is 6.44. The molecule has 3 N–H and O–H groups in total. The molecule has 0 aliphatic rings. The molecule has 1 heterocycles. The van der Waals surface area contributed by atoms with Gasteiger partial charge in [0.1, 0.15) is 6.61 Å². The van der Waals surface area contributed by atoms with Crippen LogP contribution < -0.4 is 16.0 Å². The summed E-state index contributed by atoms with van der Waals surface area (Å²) in [6, 6.07) is 4.42. The molecule has 0 aliphatic heterocycles. The Hall–Kier alpha value is -2.00. The summed E-state index contributed by atoms with van der Waals surface area (Å²) in [5.41, 5.74) is 2.05. The van der Waals surface area contributed by atoms with E-state index in [1.165, 1.54) is 23.0 Å². The number of hydrogen-bond acceptors (Lipinski definition) is 5. The first-order valence-corrected chi connectivity index (χ1v) is 6.38. The molecule has 1 amide bonds. The zero-order valence-electron chi connectivity index (χ0n) is 10.2. The molecule has 0 saturated carbocycles. The monoisotopic (exact) mass is 343 g/mol. The molecular weight excluding hydrogens is 333 g/mol. The highest BCUT2D eigenvalue weighted by atomic mass is 79.9. The van der Waals surface area contributed by atoms with E-state index in [0.717, 1.165) is 4.47 Å². The first kappa shape index (κ1) is 14.4. The molecule has 7 nitrogen and oxygen atoms in total. The quantitative estimate of drug-likeness (QED) is 0.477. The van der Waals surface area contributed by atoms with Crippen LogP contribution >= 0.6 is 15.9 Å². The molecule has 1 aromatic heterocycles. The Morgan fingerprint density at radius 3 is 3.10 bits per heavy atom. The molecule has 0 spiro atoms. The van der Waals surface area contributed by atoms with Crippen molar-refractivity contribution in [3.05, 3.63) is 40.4 Å². The fourth-order valence-corrected chi connectivity index (χ4v) is 1.76. The van der Waals surface area contributed by atoms with E-state index < -0.39 is 11.7 Å². The largest absolute Gasteiger partial charge is 0.489 e. The van der Waals surface area contributed by atoms with Crippen molar-refractivity contribution in [3.63, 3.8) is 0 Å². The summed E-state index contributed by atoms with van der Waals surface area (Å²) in [6.07, 6.45) is 1.42. The molecule has 0 bridgehead atoms. The van der Waals surface area contributed by atoms with Gasteiger partial charge in [-0.1, -0.05) is 21.1 Å². The van der Waals surface area contributed by atoms with Gasteiger partial charge >= 0.3 is 0 Å². The number of rotatable bonds is 5. The highest BCUT2D eigenvalue weighted by Gasteiger charge is 2.09. The first-order valence-electron chi connectivity index (χ1n) is 5.59. The van der Waals surface area contributed by atoms with Gasteiger partial charge in [-0.05, 0) is 18.2 Å². The van der Waals surface area contributed by atoms with E-state index in [0.29, 0.717) is 6.54 Å². The number of ether oxygens (including phenoxy) is 1. The fraction of sp³-hybridized carbons (Fsp3) is 0.182. The number of nitrogens with one attached hydrogen (secondary N) is 1. The number of carbonyl (C=O) groups excluding carboxylic acids is 1. The van der Waals surface area contributed by atoms with E-state index in [2.05, 4.69) is 26.2 Å². The molecule has 20 heavy (non-hydrogen) atoms. The predicted molar refractivity (Wildman–Crippen MR) is 71.3 cm³/mol. The number of hydrogen-bond donors (Lipinski definition) is 2.